The Bertz CT molecular complexity index is 785. The van der Waals surface area contributed by atoms with Gasteiger partial charge in [-0.2, -0.15) is 0 Å². The SMILES string of the molecule is ClP1Oc2ccccc2-c2c1ccc1ccccc21. The molecular formula is C16H10ClOP. The molecule has 0 fully saturated rings. The highest BCUT2D eigenvalue weighted by atomic mass is 35.7. The molecule has 0 N–H and O–H groups in total. The molecule has 1 aliphatic heterocycles. The van der Waals surface area contributed by atoms with Crippen LogP contribution in [-0.2, 0) is 0 Å². The van der Waals surface area contributed by atoms with E-state index in [1.807, 2.05) is 18.2 Å². The Balaban J connectivity index is 2.16. The number of fused-ring (bicyclic) bond motifs is 5. The summed E-state index contributed by atoms with van der Waals surface area (Å²) in [6.07, 6.45) is 0. The van der Waals surface area contributed by atoms with Gasteiger partial charge in [-0.25, -0.2) is 0 Å². The van der Waals surface area contributed by atoms with Crippen molar-refractivity contribution in [3.63, 3.8) is 0 Å². The molecule has 4 rings (SSSR count). The van der Waals surface area contributed by atoms with Gasteiger partial charge in [-0.05, 0) is 34.1 Å². The van der Waals surface area contributed by atoms with Crippen molar-refractivity contribution in [1.29, 1.82) is 0 Å². The molecule has 0 saturated carbocycles. The maximum absolute atomic E-state index is 6.42. The molecule has 3 heteroatoms. The Morgan fingerprint density at radius 1 is 0.842 bits per heavy atom. The summed E-state index contributed by atoms with van der Waals surface area (Å²) in [5, 5.41) is 3.58. The van der Waals surface area contributed by atoms with Crippen LogP contribution in [0.25, 0.3) is 21.9 Å². The van der Waals surface area contributed by atoms with Crippen molar-refractivity contribution >= 4 is 34.8 Å². The van der Waals surface area contributed by atoms with Gasteiger partial charge in [-0.1, -0.05) is 48.5 Å². The first-order valence-corrected chi connectivity index (χ1v) is 8.26. The molecule has 3 aromatic carbocycles. The maximum atomic E-state index is 6.42. The zero-order chi connectivity index (χ0) is 12.8. The van der Waals surface area contributed by atoms with Crippen molar-refractivity contribution in [3.05, 3.63) is 60.7 Å². The average Bonchev–Trinajstić information content (AvgIpc) is 2.47. The zero-order valence-corrected chi connectivity index (χ0v) is 11.7. The highest BCUT2D eigenvalue weighted by molar-refractivity contribution is 7.86. The Hall–Kier alpha value is -1.56. The topological polar surface area (TPSA) is 9.23 Å². The second-order valence-electron chi connectivity index (χ2n) is 4.51. The third kappa shape index (κ3) is 1.66. The minimum Gasteiger partial charge on any atom is -0.453 e. The van der Waals surface area contributed by atoms with Crippen LogP contribution in [0.15, 0.2) is 60.7 Å². The zero-order valence-electron chi connectivity index (χ0n) is 10.0. The van der Waals surface area contributed by atoms with E-state index in [1.165, 1.54) is 16.3 Å². The van der Waals surface area contributed by atoms with Gasteiger partial charge in [0.1, 0.15) is 5.75 Å². The van der Waals surface area contributed by atoms with Crippen molar-refractivity contribution in [2.75, 3.05) is 0 Å². The summed E-state index contributed by atoms with van der Waals surface area (Å²) in [5.74, 6) is 0.882. The molecule has 3 aromatic rings. The van der Waals surface area contributed by atoms with E-state index in [-0.39, 0.29) is 0 Å². The molecule has 1 aliphatic rings. The number of rotatable bonds is 0. The number of para-hydroxylation sites is 1. The molecule has 0 amide bonds. The van der Waals surface area contributed by atoms with Crippen molar-refractivity contribution in [2.24, 2.45) is 0 Å². The molecule has 0 radical (unpaired) electrons. The molecule has 0 spiro atoms. The summed E-state index contributed by atoms with van der Waals surface area (Å²) in [6.45, 7) is 0. The molecular weight excluding hydrogens is 275 g/mol. The molecule has 0 aliphatic carbocycles. The van der Waals surface area contributed by atoms with Crippen LogP contribution in [0.5, 0.6) is 5.75 Å². The fourth-order valence-electron chi connectivity index (χ4n) is 2.58. The van der Waals surface area contributed by atoms with E-state index >= 15 is 0 Å². The lowest BCUT2D eigenvalue weighted by Gasteiger charge is -2.25. The summed E-state index contributed by atoms with van der Waals surface area (Å²) in [6, 6.07) is 20.7. The largest absolute Gasteiger partial charge is 0.453 e. The molecule has 1 atom stereocenters. The molecule has 0 bridgehead atoms. The van der Waals surface area contributed by atoms with E-state index in [0.29, 0.717) is 0 Å². The van der Waals surface area contributed by atoms with E-state index in [2.05, 4.69) is 42.5 Å². The maximum Gasteiger partial charge on any atom is 0.215 e. The van der Waals surface area contributed by atoms with E-state index in [1.54, 1.807) is 0 Å². The van der Waals surface area contributed by atoms with Crippen LogP contribution in [0.2, 0.25) is 0 Å². The predicted molar refractivity (Wildman–Crippen MR) is 82.4 cm³/mol. The number of hydrogen-bond acceptors (Lipinski definition) is 1. The van der Waals surface area contributed by atoms with Crippen LogP contribution in [0, 0.1) is 0 Å². The monoisotopic (exact) mass is 284 g/mol. The fraction of sp³-hybridized carbons (Fsp3) is 0. The van der Waals surface area contributed by atoms with Crippen LogP contribution < -0.4 is 9.83 Å². The summed E-state index contributed by atoms with van der Waals surface area (Å²) < 4.78 is 5.84. The van der Waals surface area contributed by atoms with Crippen LogP contribution in [0.1, 0.15) is 0 Å². The molecule has 0 saturated heterocycles. The number of hydrogen-bond donors (Lipinski definition) is 0. The van der Waals surface area contributed by atoms with E-state index < -0.39 is 7.50 Å². The van der Waals surface area contributed by atoms with Crippen molar-refractivity contribution in [3.8, 4) is 16.9 Å². The van der Waals surface area contributed by atoms with Crippen molar-refractivity contribution < 1.29 is 4.52 Å². The van der Waals surface area contributed by atoms with Gasteiger partial charge in [-0.15, -0.1) is 0 Å². The number of benzene rings is 3. The minimum atomic E-state index is -1.10. The lowest BCUT2D eigenvalue weighted by atomic mass is 9.97. The molecule has 92 valence electrons. The average molecular weight is 285 g/mol. The summed E-state index contributed by atoms with van der Waals surface area (Å²) >= 11 is 6.42. The van der Waals surface area contributed by atoms with Gasteiger partial charge in [0, 0.05) is 16.4 Å². The van der Waals surface area contributed by atoms with Gasteiger partial charge in [0.2, 0.25) is 7.50 Å². The first-order valence-electron chi connectivity index (χ1n) is 6.09. The third-order valence-corrected chi connectivity index (χ3v) is 5.29. The lowest BCUT2D eigenvalue weighted by Crippen LogP contribution is -2.11. The Morgan fingerprint density at radius 3 is 2.58 bits per heavy atom. The standard InChI is InChI=1S/C16H10ClOP/c17-19-15-10-9-11-5-1-2-6-12(11)16(15)13-7-3-4-8-14(13)18-19/h1-10H. The van der Waals surface area contributed by atoms with Crippen LogP contribution in [0.3, 0.4) is 0 Å². The van der Waals surface area contributed by atoms with E-state index in [4.69, 9.17) is 15.8 Å². The van der Waals surface area contributed by atoms with Crippen LogP contribution in [0.4, 0.5) is 0 Å². The first-order chi connectivity index (χ1) is 9.34. The van der Waals surface area contributed by atoms with Gasteiger partial charge in [0.15, 0.2) is 0 Å². The summed E-state index contributed by atoms with van der Waals surface area (Å²) in [4.78, 5) is 0. The highest BCUT2D eigenvalue weighted by Crippen LogP contribution is 2.53. The molecule has 0 aromatic heterocycles. The molecule has 19 heavy (non-hydrogen) atoms. The Morgan fingerprint density at radius 2 is 1.63 bits per heavy atom. The molecule has 1 unspecified atom stereocenters. The van der Waals surface area contributed by atoms with Gasteiger partial charge in [0.25, 0.3) is 0 Å². The Labute approximate surface area is 117 Å². The van der Waals surface area contributed by atoms with Crippen molar-refractivity contribution in [2.45, 2.75) is 0 Å². The van der Waals surface area contributed by atoms with E-state index in [9.17, 15) is 0 Å². The quantitative estimate of drug-likeness (QED) is 0.523. The van der Waals surface area contributed by atoms with Gasteiger partial charge >= 0.3 is 0 Å². The van der Waals surface area contributed by atoms with Crippen LogP contribution in [-0.4, -0.2) is 0 Å². The third-order valence-electron chi connectivity index (χ3n) is 3.43. The van der Waals surface area contributed by atoms with Crippen LogP contribution >= 0.6 is 18.7 Å². The van der Waals surface area contributed by atoms with E-state index in [0.717, 1.165) is 16.6 Å². The second-order valence-corrected chi connectivity index (χ2v) is 6.59. The van der Waals surface area contributed by atoms with Gasteiger partial charge < -0.3 is 4.52 Å². The highest BCUT2D eigenvalue weighted by Gasteiger charge is 2.26. The normalized spacial score (nSPS) is 16.6. The molecule has 1 heterocycles. The van der Waals surface area contributed by atoms with Gasteiger partial charge in [0.05, 0.1) is 0 Å². The smallest absolute Gasteiger partial charge is 0.215 e. The molecule has 1 nitrogen and oxygen atoms in total. The first kappa shape index (κ1) is 11.3. The van der Waals surface area contributed by atoms with Gasteiger partial charge in [-0.3, -0.25) is 0 Å². The number of halogens is 1. The second kappa shape index (κ2) is 4.23. The fourth-order valence-corrected chi connectivity index (χ4v) is 4.26. The minimum absolute atomic E-state index is 0.882. The Kier molecular flexibility index (Phi) is 2.51. The van der Waals surface area contributed by atoms with Crippen molar-refractivity contribution in [1.82, 2.24) is 0 Å². The summed E-state index contributed by atoms with van der Waals surface area (Å²) in [5.41, 5.74) is 2.36. The summed E-state index contributed by atoms with van der Waals surface area (Å²) in [7, 11) is -1.10. The predicted octanol–water partition coefficient (Wildman–Crippen LogP) is 5.08. The lowest BCUT2D eigenvalue weighted by molar-refractivity contribution is 0.633.